The van der Waals surface area contributed by atoms with Crippen LogP contribution in [0.5, 0.6) is 5.75 Å². The fourth-order valence-corrected chi connectivity index (χ4v) is 4.24. The summed E-state index contributed by atoms with van der Waals surface area (Å²) in [5.74, 6) is 0.953. The van der Waals surface area contributed by atoms with Gasteiger partial charge in [-0.2, -0.15) is 0 Å². The number of thiophene rings is 1. The normalized spacial score (nSPS) is 12.4. The molecule has 0 saturated carbocycles. The molecule has 2 nitrogen and oxygen atoms in total. The molecule has 2 aromatic rings. The van der Waals surface area contributed by atoms with Crippen LogP contribution in [0.3, 0.4) is 0 Å². The van der Waals surface area contributed by atoms with E-state index in [0.717, 1.165) is 27.0 Å². The lowest BCUT2D eigenvalue weighted by atomic mass is 10.0. The summed E-state index contributed by atoms with van der Waals surface area (Å²) < 4.78 is 8.07. The molecule has 0 bridgehead atoms. The number of ether oxygens (including phenoxy) is 1. The molecule has 108 valence electrons. The molecule has 0 saturated heterocycles. The second-order valence-electron chi connectivity index (χ2n) is 4.38. The highest BCUT2D eigenvalue weighted by Gasteiger charge is 2.19. The molecule has 1 heterocycles. The van der Waals surface area contributed by atoms with Crippen molar-refractivity contribution in [2.45, 2.75) is 19.4 Å². The Morgan fingerprint density at radius 2 is 2.05 bits per heavy atom. The van der Waals surface area contributed by atoms with Crippen LogP contribution >= 0.6 is 43.2 Å². The van der Waals surface area contributed by atoms with Gasteiger partial charge in [-0.15, -0.1) is 11.3 Å². The Morgan fingerprint density at radius 1 is 1.30 bits per heavy atom. The highest BCUT2D eigenvalue weighted by molar-refractivity contribution is 9.13. The zero-order chi connectivity index (χ0) is 14.5. The van der Waals surface area contributed by atoms with Crippen molar-refractivity contribution in [2.24, 2.45) is 0 Å². The van der Waals surface area contributed by atoms with Crippen molar-refractivity contribution in [1.29, 1.82) is 0 Å². The number of hydrogen-bond acceptors (Lipinski definition) is 3. The van der Waals surface area contributed by atoms with Crippen molar-refractivity contribution in [1.82, 2.24) is 5.32 Å². The average Bonchev–Trinajstić information content (AvgIpc) is 2.78. The second-order valence-corrected chi connectivity index (χ2v) is 7.63. The topological polar surface area (TPSA) is 21.3 Å². The molecule has 0 radical (unpaired) electrons. The second kappa shape index (κ2) is 7.59. The zero-order valence-electron chi connectivity index (χ0n) is 11.5. The van der Waals surface area contributed by atoms with E-state index >= 15 is 0 Å². The molecule has 1 N–H and O–H groups in total. The first-order chi connectivity index (χ1) is 9.67. The van der Waals surface area contributed by atoms with Crippen molar-refractivity contribution in [3.8, 4) is 5.75 Å². The Labute approximate surface area is 140 Å². The van der Waals surface area contributed by atoms with Gasteiger partial charge in [-0.05, 0) is 57.5 Å². The van der Waals surface area contributed by atoms with Crippen molar-refractivity contribution < 1.29 is 4.74 Å². The first-order valence-electron chi connectivity index (χ1n) is 6.51. The van der Waals surface area contributed by atoms with Gasteiger partial charge in [0.2, 0.25) is 0 Å². The van der Waals surface area contributed by atoms with Crippen LogP contribution in [0.2, 0.25) is 0 Å². The number of para-hydroxylation sites is 1. The monoisotopic (exact) mass is 417 g/mol. The lowest BCUT2D eigenvalue weighted by Crippen LogP contribution is -2.17. The van der Waals surface area contributed by atoms with Gasteiger partial charge in [-0.1, -0.05) is 25.1 Å². The SMILES string of the molecule is CCCOc1ccccc1C(NC)c1cc(Br)c(Br)s1. The molecule has 0 aliphatic carbocycles. The predicted molar refractivity (Wildman–Crippen MR) is 92.8 cm³/mol. The van der Waals surface area contributed by atoms with Gasteiger partial charge in [-0.25, -0.2) is 0 Å². The molecule has 5 heteroatoms. The van der Waals surface area contributed by atoms with E-state index in [0.29, 0.717) is 0 Å². The highest BCUT2D eigenvalue weighted by Crippen LogP contribution is 2.39. The van der Waals surface area contributed by atoms with Crippen LogP contribution in [0.25, 0.3) is 0 Å². The van der Waals surface area contributed by atoms with E-state index in [9.17, 15) is 0 Å². The molecule has 1 atom stereocenters. The van der Waals surface area contributed by atoms with Crippen LogP contribution in [0.1, 0.15) is 29.8 Å². The van der Waals surface area contributed by atoms with Crippen molar-refractivity contribution in [3.63, 3.8) is 0 Å². The van der Waals surface area contributed by atoms with E-state index in [2.05, 4.69) is 62.3 Å². The molecule has 0 amide bonds. The molecule has 0 fully saturated rings. The van der Waals surface area contributed by atoms with Crippen LogP contribution in [-0.2, 0) is 0 Å². The van der Waals surface area contributed by atoms with Gasteiger partial charge in [0.15, 0.2) is 0 Å². The number of rotatable bonds is 6. The third kappa shape index (κ3) is 3.64. The Bertz CT molecular complexity index is 551. The van der Waals surface area contributed by atoms with Gasteiger partial charge < -0.3 is 10.1 Å². The molecule has 2 rings (SSSR count). The van der Waals surface area contributed by atoms with Gasteiger partial charge in [0.1, 0.15) is 5.75 Å². The van der Waals surface area contributed by atoms with Crippen molar-refractivity contribution in [3.05, 3.63) is 49.0 Å². The highest BCUT2D eigenvalue weighted by atomic mass is 79.9. The molecular weight excluding hydrogens is 402 g/mol. The summed E-state index contributed by atoms with van der Waals surface area (Å²) in [5, 5.41) is 3.38. The summed E-state index contributed by atoms with van der Waals surface area (Å²) in [4.78, 5) is 1.25. The van der Waals surface area contributed by atoms with Crippen LogP contribution in [0.4, 0.5) is 0 Å². The van der Waals surface area contributed by atoms with Crippen molar-refractivity contribution in [2.75, 3.05) is 13.7 Å². The van der Waals surface area contributed by atoms with Gasteiger partial charge in [0.05, 0.1) is 16.4 Å². The number of hydrogen-bond donors (Lipinski definition) is 1. The van der Waals surface area contributed by atoms with E-state index in [1.165, 1.54) is 10.4 Å². The summed E-state index contributed by atoms with van der Waals surface area (Å²) >= 11 is 8.84. The van der Waals surface area contributed by atoms with Gasteiger partial charge >= 0.3 is 0 Å². The summed E-state index contributed by atoms with van der Waals surface area (Å²) in [5.41, 5.74) is 1.17. The van der Waals surface area contributed by atoms with Crippen LogP contribution in [0, 0.1) is 0 Å². The zero-order valence-corrected chi connectivity index (χ0v) is 15.4. The molecule has 1 aromatic heterocycles. The summed E-state index contributed by atoms with van der Waals surface area (Å²) in [6.07, 6.45) is 1.01. The summed E-state index contributed by atoms with van der Waals surface area (Å²) in [6.45, 7) is 2.86. The molecule has 1 aromatic carbocycles. The minimum Gasteiger partial charge on any atom is -0.493 e. The fourth-order valence-electron chi connectivity index (χ4n) is 2.02. The maximum atomic E-state index is 5.87. The van der Waals surface area contributed by atoms with E-state index in [1.54, 1.807) is 11.3 Å². The van der Waals surface area contributed by atoms with Crippen LogP contribution in [0.15, 0.2) is 38.6 Å². The van der Waals surface area contributed by atoms with Gasteiger partial charge in [0, 0.05) is 14.9 Å². The fraction of sp³-hybridized carbons (Fsp3) is 0.333. The Hall–Kier alpha value is -0.360. The summed E-state index contributed by atoms with van der Waals surface area (Å²) in [6, 6.07) is 10.5. The van der Waals surface area contributed by atoms with E-state index in [4.69, 9.17) is 4.74 Å². The molecule has 0 aliphatic rings. The third-order valence-electron chi connectivity index (χ3n) is 2.93. The van der Waals surface area contributed by atoms with E-state index in [-0.39, 0.29) is 6.04 Å². The van der Waals surface area contributed by atoms with Crippen LogP contribution in [-0.4, -0.2) is 13.7 Å². The average molecular weight is 419 g/mol. The summed E-state index contributed by atoms with van der Waals surface area (Å²) in [7, 11) is 1.97. The van der Waals surface area contributed by atoms with E-state index < -0.39 is 0 Å². The first kappa shape index (κ1) is 16.0. The molecule has 20 heavy (non-hydrogen) atoms. The molecule has 0 aliphatic heterocycles. The molecular formula is C15H17Br2NOS. The Kier molecular flexibility index (Phi) is 6.08. The molecule has 1 unspecified atom stereocenters. The minimum atomic E-state index is 0.135. The van der Waals surface area contributed by atoms with Crippen LogP contribution < -0.4 is 10.1 Å². The van der Waals surface area contributed by atoms with E-state index in [1.807, 2.05) is 19.2 Å². The quantitative estimate of drug-likeness (QED) is 0.680. The Balaban J connectivity index is 2.36. The van der Waals surface area contributed by atoms with Gasteiger partial charge in [0.25, 0.3) is 0 Å². The van der Waals surface area contributed by atoms with Gasteiger partial charge in [-0.3, -0.25) is 0 Å². The Morgan fingerprint density at radius 3 is 2.65 bits per heavy atom. The lowest BCUT2D eigenvalue weighted by molar-refractivity contribution is 0.312. The number of nitrogens with one attached hydrogen (secondary N) is 1. The molecule has 0 spiro atoms. The third-order valence-corrected chi connectivity index (χ3v) is 6.25. The predicted octanol–water partition coefficient (Wildman–Crippen LogP) is 5.37. The minimum absolute atomic E-state index is 0.135. The number of halogens is 2. The largest absolute Gasteiger partial charge is 0.493 e. The first-order valence-corrected chi connectivity index (χ1v) is 8.91. The maximum absolute atomic E-state index is 5.87. The van der Waals surface area contributed by atoms with Crippen molar-refractivity contribution >= 4 is 43.2 Å². The smallest absolute Gasteiger partial charge is 0.124 e. The maximum Gasteiger partial charge on any atom is 0.124 e. The lowest BCUT2D eigenvalue weighted by Gasteiger charge is -2.19. The number of benzene rings is 1. The standard InChI is InChI=1S/C15H17Br2NOS/c1-3-8-19-12-7-5-4-6-10(12)14(18-2)13-9-11(16)15(17)20-13/h4-7,9,14,18H,3,8H2,1-2H3.